The fraction of sp³-hybridized carbons (Fsp3) is 0.588. The molecule has 2 aliphatic rings. The zero-order valence-corrected chi connectivity index (χ0v) is 13.9. The highest BCUT2D eigenvalue weighted by Gasteiger charge is 2.24. The van der Waals surface area contributed by atoms with Crippen molar-refractivity contribution in [1.29, 1.82) is 0 Å². The summed E-state index contributed by atoms with van der Waals surface area (Å²) < 4.78 is 1.60. The Kier molecular flexibility index (Phi) is 4.00. The maximum atomic E-state index is 12.7. The molecule has 24 heavy (non-hydrogen) atoms. The second kappa shape index (κ2) is 6.30. The summed E-state index contributed by atoms with van der Waals surface area (Å²) in [7, 11) is 0. The Bertz CT molecular complexity index is 743. The smallest absolute Gasteiger partial charge is 0.259 e. The van der Waals surface area contributed by atoms with Crippen molar-refractivity contribution < 1.29 is 4.79 Å². The van der Waals surface area contributed by atoms with E-state index in [1.165, 1.54) is 32.1 Å². The van der Waals surface area contributed by atoms with Crippen LogP contribution in [0.2, 0.25) is 0 Å². The van der Waals surface area contributed by atoms with Crippen molar-refractivity contribution in [3.8, 4) is 0 Å². The van der Waals surface area contributed by atoms with Gasteiger partial charge in [0, 0.05) is 25.3 Å². The van der Waals surface area contributed by atoms with Gasteiger partial charge in [-0.15, -0.1) is 5.10 Å². The summed E-state index contributed by atoms with van der Waals surface area (Å²) in [4.78, 5) is 19.7. The van der Waals surface area contributed by atoms with Crippen molar-refractivity contribution in [2.45, 2.75) is 51.0 Å². The number of nitrogens with two attached hydrogens (primary N) is 1. The summed E-state index contributed by atoms with van der Waals surface area (Å²) in [6.07, 6.45) is 9.88. The molecule has 0 aromatic carbocycles. The Morgan fingerprint density at radius 2 is 1.92 bits per heavy atom. The molecule has 3 N–H and O–H groups in total. The molecule has 1 saturated heterocycles. The molecule has 7 nitrogen and oxygen atoms in total. The first kappa shape index (κ1) is 15.2. The van der Waals surface area contributed by atoms with Crippen LogP contribution in [0.3, 0.4) is 0 Å². The number of carbonyl (C=O) groups excluding carboxylic acids is 1. The van der Waals surface area contributed by atoms with Crippen LogP contribution in [0.5, 0.6) is 0 Å². The minimum atomic E-state index is -0.152. The lowest BCUT2D eigenvalue weighted by Gasteiger charge is -2.22. The highest BCUT2D eigenvalue weighted by molar-refractivity contribution is 6.04. The first-order valence-electron chi connectivity index (χ1n) is 8.93. The van der Waals surface area contributed by atoms with Gasteiger partial charge in [-0.3, -0.25) is 4.79 Å². The summed E-state index contributed by atoms with van der Waals surface area (Å²) >= 11 is 0. The van der Waals surface area contributed by atoms with E-state index in [-0.39, 0.29) is 17.8 Å². The Hall–Kier alpha value is -2.31. The number of hydrogen-bond donors (Lipinski definition) is 2. The van der Waals surface area contributed by atoms with Crippen molar-refractivity contribution in [2.75, 3.05) is 23.7 Å². The number of carbonyl (C=O) groups is 1. The molecule has 128 valence electrons. The van der Waals surface area contributed by atoms with Gasteiger partial charge in [-0.2, -0.15) is 0 Å². The van der Waals surface area contributed by atoms with Gasteiger partial charge in [-0.1, -0.05) is 19.3 Å². The van der Waals surface area contributed by atoms with E-state index in [0.717, 1.165) is 31.7 Å². The molecule has 7 heteroatoms. The predicted octanol–water partition coefficient (Wildman–Crippen LogP) is 1.97. The standard InChI is InChI=1S/C17H24N6O/c18-15-14(17(24)19-12-6-2-1-3-7-12)16-20-13(8-11-23(16)21-15)22-9-4-5-10-22/h8,11-12H,1-7,9-10H2,(H2,18,21)(H,19,24). The molecular formula is C17H24N6O. The number of fused-ring (bicyclic) bond motifs is 1. The van der Waals surface area contributed by atoms with Crippen LogP contribution in [-0.2, 0) is 0 Å². The molecule has 0 atom stereocenters. The number of amides is 1. The number of rotatable bonds is 3. The molecule has 2 aromatic rings. The van der Waals surface area contributed by atoms with Crippen molar-refractivity contribution in [3.63, 3.8) is 0 Å². The van der Waals surface area contributed by atoms with Crippen LogP contribution in [0, 0.1) is 0 Å². The second-order valence-corrected chi connectivity index (χ2v) is 6.82. The van der Waals surface area contributed by atoms with Crippen LogP contribution in [0.4, 0.5) is 11.6 Å². The van der Waals surface area contributed by atoms with Crippen LogP contribution >= 0.6 is 0 Å². The molecule has 0 bridgehead atoms. The molecule has 2 fully saturated rings. The third-order valence-electron chi connectivity index (χ3n) is 5.09. The van der Waals surface area contributed by atoms with E-state index in [2.05, 4.69) is 20.3 Å². The molecule has 0 spiro atoms. The van der Waals surface area contributed by atoms with Gasteiger partial charge in [-0.25, -0.2) is 9.50 Å². The van der Waals surface area contributed by atoms with Crippen LogP contribution in [0.1, 0.15) is 55.3 Å². The monoisotopic (exact) mass is 328 g/mol. The highest BCUT2D eigenvalue weighted by atomic mass is 16.1. The summed E-state index contributed by atoms with van der Waals surface area (Å²) in [6.45, 7) is 2.02. The zero-order chi connectivity index (χ0) is 16.5. The molecule has 1 aliphatic carbocycles. The third-order valence-corrected chi connectivity index (χ3v) is 5.09. The highest BCUT2D eigenvalue weighted by Crippen LogP contribution is 2.23. The van der Waals surface area contributed by atoms with E-state index >= 15 is 0 Å². The lowest BCUT2D eigenvalue weighted by molar-refractivity contribution is 0.0930. The maximum absolute atomic E-state index is 12.7. The number of nitrogens with one attached hydrogen (secondary N) is 1. The fourth-order valence-electron chi connectivity index (χ4n) is 3.78. The van der Waals surface area contributed by atoms with Gasteiger partial charge in [0.1, 0.15) is 11.4 Å². The average Bonchev–Trinajstić information content (AvgIpc) is 3.21. The number of nitrogen functional groups attached to an aromatic ring is 1. The number of hydrogen-bond acceptors (Lipinski definition) is 5. The van der Waals surface area contributed by atoms with Gasteiger partial charge in [0.2, 0.25) is 0 Å². The molecule has 1 saturated carbocycles. The molecule has 3 heterocycles. The zero-order valence-electron chi connectivity index (χ0n) is 13.9. The first-order chi connectivity index (χ1) is 11.7. The molecular weight excluding hydrogens is 304 g/mol. The van der Waals surface area contributed by atoms with Crippen LogP contribution in [0.25, 0.3) is 5.65 Å². The molecule has 1 amide bonds. The average molecular weight is 328 g/mol. The summed E-state index contributed by atoms with van der Waals surface area (Å²) in [5.41, 5.74) is 6.97. The lowest BCUT2D eigenvalue weighted by Crippen LogP contribution is -2.36. The number of nitrogens with zero attached hydrogens (tertiary/aromatic N) is 4. The SMILES string of the molecule is Nc1nn2ccc(N3CCCC3)nc2c1C(=O)NC1CCCCC1. The van der Waals surface area contributed by atoms with E-state index in [4.69, 9.17) is 5.73 Å². The second-order valence-electron chi connectivity index (χ2n) is 6.82. The molecule has 4 rings (SSSR count). The lowest BCUT2D eigenvalue weighted by atomic mass is 9.95. The van der Waals surface area contributed by atoms with Crippen LogP contribution in [-0.4, -0.2) is 39.6 Å². The van der Waals surface area contributed by atoms with Gasteiger partial charge in [0.05, 0.1) is 0 Å². The van der Waals surface area contributed by atoms with Crippen LogP contribution < -0.4 is 16.0 Å². The Morgan fingerprint density at radius 1 is 1.17 bits per heavy atom. The number of anilines is 2. The van der Waals surface area contributed by atoms with E-state index in [1.807, 2.05) is 12.3 Å². The van der Waals surface area contributed by atoms with E-state index < -0.39 is 0 Å². The van der Waals surface area contributed by atoms with Gasteiger partial charge in [0.25, 0.3) is 5.91 Å². The molecule has 1 aliphatic heterocycles. The summed E-state index contributed by atoms with van der Waals surface area (Å²) in [5.74, 6) is 0.987. The maximum Gasteiger partial charge on any atom is 0.259 e. The Labute approximate surface area is 141 Å². The third kappa shape index (κ3) is 2.79. The summed E-state index contributed by atoms with van der Waals surface area (Å²) in [6, 6.07) is 2.18. The van der Waals surface area contributed by atoms with Crippen molar-refractivity contribution >= 4 is 23.2 Å². The topological polar surface area (TPSA) is 88.5 Å². The molecule has 2 aromatic heterocycles. The number of aromatic nitrogens is 3. The molecule has 0 unspecified atom stereocenters. The summed E-state index contributed by atoms with van der Waals surface area (Å²) in [5, 5.41) is 7.36. The minimum Gasteiger partial charge on any atom is -0.381 e. The minimum absolute atomic E-state index is 0.152. The van der Waals surface area contributed by atoms with E-state index in [9.17, 15) is 4.79 Å². The Morgan fingerprint density at radius 3 is 2.67 bits per heavy atom. The van der Waals surface area contributed by atoms with Gasteiger partial charge >= 0.3 is 0 Å². The largest absolute Gasteiger partial charge is 0.381 e. The van der Waals surface area contributed by atoms with E-state index in [1.54, 1.807) is 4.52 Å². The van der Waals surface area contributed by atoms with Gasteiger partial charge in [-0.05, 0) is 31.7 Å². The predicted molar refractivity (Wildman–Crippen MR) is 93.2 cm³/mol. The van der Waals surface area contributed by atoms with E-state index in [0.29, 0.717) is 11.2 Å². The van der Waals surface area contributed by atoms with Crippen molar-refractivity contribution in [3.05, 3.63) is 17.8 Å². The fourth-order valence-corrected chi connectivity index (χ4v) is 3.78. The first-order valence-corrected chi connectivity index (χ1v) is 8.93. The van der Waals surface area contributed by atoms with Crippen LogP contribution in [0.15, 0.2) is 12.3 Å². The van der Waals surface area contributed by atoms with Gasteiger partial charge < -0.3 is 16.0 Å². The van der Waals surface area contributed by atoms with Crippen molar-refractivity contribution in [1.82, 2.24) is 19.9 Å². The Balaban J connectivity index is 1.64. The quantitative estimate of drug-likeness (QED) is 0.899. The van der Waals surface area contributed by atoms with Crippen molar-refractivity contribution in [2.24, 2.45) is 0 Å². The molecule has 0 radical (unpaired) electrons. The van der Waals surface area contributed by atoms with Gasteiger partial charge in [0.15, 0.2) is 11.5 Å². The normalized spacial score (nSPS) is 19.1.